The molecule has 1 nitrogen and oxygen atoms in total. The van der Waals surface area contributed by atoms with Crippen LogP contribution in [-0.4, -0.2) is 6.10 Å². The smallest absolute Gasteiger partial charge is 0.0720 e. The van der Waals surface area contributed by atoms with E-state index in [1.807, 2.05) is 0 Å². The number of allylic oxidation sites excluding steroid dienone is 2. The molecule has 0 radical (unpaired) electrons. The van der Waals surface area contributed by atoms with Crippen LogP contribution in [0.2, 0.25) is 0 Å². The van der Waals surface area contributed by atoms with Crippen molar-refractivity contribution in [3.05, 3.63) is 47.5 Å². The molecule has 0 unspecified atom stereocenters. The summed E-state index contributed by atoms with van der Waals surface area (Å²) < 4.78 is 6.23. The Morgan fingerprint density at radius 2 is 1.86 bits per heavy atom. The van der Waals surface area contributed by atoms with E-state index in [1.165, 1.54) is 43.2 Å². The van der Waals surface area contributed by atoms with Gasteiger partial charge in [-0.1, -0.05) is 68.7 Å². The molecule has 2 atom stereocenters. The van der Waals surface area contributed by atoms with Gasteiger partial charge >= 0.3 is 0 Å². The van der Waals surface area contributed by atoms with Gasteiger partial charge in [0.15, 0.2) is 0 Å². The van der Waals surface area contributed by atoms with Gasteiger partial charge in [-0.3, -0.25) is 0 Å². The second-order valence-corrected chi connectivity index (χ2v) is 6.31. The van der Waals surface area contributed by atoms with Crippen LogP contribution in [0.5, 0.6) is 0 Å². The molecular weight excluding hydrogens is 256 g/mol. The average Bonchev–Trinajstić information content (AvgIpc) is 2.48. The van der Waals surface area contributed by atoms with E-state index in [-0.39, 0.29) is 0 Å². The standard InChI is InChI=1S/C20H32O/c1-5-6-15-20(18(4)12-10-11-17(2)3)21-16-19-13-8-7-9-14-19/h7-9,11,13-14,18,20H,5-6,10,12,15-16H2,1-4H3/t18-,20+/m0/s1. The van der Waals surface area contributed by atoms with Crippen molar-refractivity contribution in [1.82, 2.24) is 0 Å². The van der Waals surface area contributed by atoms with Crippen molar-refractivity contribution in [2.45, 2.75) is 72.5 Å². The number of unbranched alkanes of at least 4 members (excludes halogenated alkanes) is 1. The Balaban J connectivity index is 2.47. The van der Waals surface area contributed by atoms with Crippen molar-refractivity contribution in [3.8, 4) is 0 Å². The molecule has 21 heavy (non-hydrogen) atoms. The first-order valence-corrected chi connectivity index (χ1v) is 8.42. The van der Waals surface area contributed by atoms with Gasteiger partial charge in [0.2, 0.25) is 0 Å². The second kappa shape index (κ2) is 10.6. The van der Waals surface area contributed by atoms with E-state index in [0.717, 1.165) is 6.61 Å². The maximum Gasteiger partial charge on any atom is 0.0720 e. The highest BCUT2D eigenvalue weighted by molar-refractivity contribution is 5.13. The zero-order chi connectivity index (χ0) is 15.5. The highest BCUT2D eigenvalue weighted by Crippen LogP contribution is 2.21. The minimum atomic E-state index is 0.385. The molecule has 0 amide bonds. The number of hydrogen-bond donors (Lipinski definition) is 0. The largest absolute Gasteiger partial charge is 0.373 e. The fourth-order valence-corrected chi connectivity index (χ4v) is 2.54. The summed E-state index contributed by atoms with van der Waals surface area (Å²) >= 11 is 0. The normalized spacial score (nSPS) is 13.7. The molecule has 0 saturated carbocycles. The predicted molar refractivity (Wildman–Crippen MR) is 92.4 cm³/mol. The SMILES string of the molecule is CCCC[C@@H](OCc1ccccc1)[C@@H](C)CCC=C(C)C. The summed E-state index contributed by atoms with van der Waals surface area (Å²) in [5.41, 5.74) is 2.69. The van der Waals surface area contributed by atoms with Crippen LogP contribution in [0.4, 0.5) is 0 Å². The van der Waals surface area contributed by atoms with Gasteiger partial charge in [-0.2, -0.15) is 0 Å². The van der Waals surface area contributed by atoms with Gasteiger partial charge in [0, 0.05) is 0 Å². The first-order chi connectivity index (χ1) is 10.1. The summed E-state index contributed by atoms with van der Waals surface area (Å²) in [5, 5.41) is 0. The van der Waals surface area contributed by atoms with Crippen molar-refractivity contribution >= 4 is 0 Å². The molecule has 1 rings (SSSR count). The Bertz CT molecular complexity index is 390. The van der Waals surface area contributed by atoms with Gasteiger partial charge in [-0.05, 0) is 44.6 Å². The number of benzene rings is 1. The van der Waals surface area contributed by atoms with Crippen LogP contribution in [0.25, 0.3) is 0 Å². The average molecular weight is 288 g/mol. The monoisotopic (exact) mass is 288 g/mol. The van der Waals surface area contributed by atoms with Crippen molar-refractivity contribution in [2.24, 2.45) is 5.92 Å². The molecule has 118 valence electrons. The lowest BCUT2D eigenvalue weighted by Crippen LogP contribution is -2.22. The first kappa shape index (κ1) is 18.0. The maximum atomic E-state index is 6.23. The highest BCUT2D eigenvalue weighted by Gasteiger charge is 2.17. The van der Waals surface area contributed by atoms with Crippen LogP contribution in [0.3, 0.4) is 0 Å². The van der Waals surface area contributed by atoms with Crippen LogP contribution in [0.1, 0.15) is 65.4 Å². The van der Waals surface area contributed by atoms with Gasteiger partial charge < -0.3 is 4.74 Å². The van der Waals surface area contributed by atoms with Crippen molar-refractivity contribution in [3.63, 3.8) is 0 Å². The molecule has 0 bridgehead atoms. The molecule has 1 heteroatoms. The van der Waals surface area contributed by atoms with Crippen LogP contribution >= 0.6 is 0 Å². The van der Waals surface area contributed by atoms with Gasteiger partial charge in [-0.25, -0.2) is 0 Å². The molecule has 0 saturated heterocycles. The minimum absolute atomic E-state index is 0.385. The Hall–Kier alpha value is -1.08. The number of rotatable bonds is 10. The molecular formula is C20H32O. The molecule has 0 heterocycles. The molecule has 1 aromatic carbocycles. The van der Waals surface area contributed by atoms with Crippen LogP contribution in [0, 0.1) is 5.92 Å². The van der Waals surface area contributed by atoms with Crippen molar-refractivity contribution in [1.29, 1.82) is 0 Å². The third-order valence-electron chi connectivity index (χ3n) is 3.96. The second-order valence-electron chi connectivity index (χ2n) is 6.31. The van der Waals surface area contributed by atoms with E-state index >= 15 is 0 Å². The van der Waals surface area contributed by atoms with E-state index in [0.29, 0.717) is 12.0 Å². The summed E-state index contributed by atoms with van der Waals surface area (Å²) in [6, 6.07) is 10.5. The van der Waals surface area contributed by atoms with Crippen LogP contribution in [-0.2, 0) is 11.3 Å². The van der Waals surface area contributed by atoms with Crippen molar-refractivity contribution < 1.29 is 4.74 Å². The van der Waals surface area contributed by atoms with Gasteiger partial charge in [0.25, 0.3) is 0 Å². The Morgan fingerprint density at radius 3 is 2.48 bits per heavy atom. The Morgan fingerprint density at radius 1 is 1.14 bits per heavy atom. The molecule has 1 aromatic rings. The zero-order valence-electron chi connectivity index (χ0n) is 14.3. The van der Waals surface area contributed by atoms with E-state index in [4.69, 9.17) is 4.74 Å². The minimum Gasteiger partial charge on any atom is -0.373 e. The highest BCUT2D eigenvalue weighted by atomic mass is 16.5. The quantitative estimate of drug-likeness (QED) is 0.469. The lowest BCUT2D eigenvalue weighted by atomic mass is 9.94. The molecule has 0 spiro atoms. The Kier molecular flexibility index (Phi) is 9.09. The van der Waals surface area contributed by atoms with Gasteiger partial charge in [0.05, 0.1) is 12.7 Å². The summed E-state index contributed by atoms with van der Waals surface area (Å²) in [7, 11) is 0. The molecule has 0 N–H and O–H groups in total. The summed E-state index contributed by atoms with van der Waals surface area (Å²) in [6.07, 6.45) is 8.79. The van der Waals surface area contributed by atoms with E-state index in [1.54, 1.807) is 0 Å². The lowest BCUT2D eigenvalue weighted by Gasteiger charge is -2.24. The lowest BCUT2D eigenvalue weighted by molar-refractivity contribution is -0.00289. The predicted octanol–water partition coefficient (Wildman–Crippen LogP) is 6.14. The van der Waals surface area contributed by atoms with Crippen molar-refractivity contribution in [2.75, 3.05) is 0 Å². The third-order valence-corrected chi connectivity index (χ3v) is 3.96. The third kappa shape index (κ3) is 8.06. The molecule has 0 aliphatic heterocycles. The van der Waals surface area contributed by atoms with Crippen LogP contribution < -0.4 is 0 Å². The summed E-state index contributed by atoms with van der Waals surface area (Å²) in [5.74, 6) is 0.621. The molecule has 0 aliphatic carbocycles. The van der Waals surface area contributed by atoms with E-state index in [9.17, 15) is 0 Å². The molecule has 0 aliphatic rings. The Labute approximate surface area is 131 Å². The maximum absolute atomic E-state index is 6.23. The first-order valence-electron chi connectivity index (χ1n) is 8.42. The van der Waals surface area contributed by atoms with Gasteiger partial charge in [-0.15, -0.1) is 0 Å². The fourth-order valence-electron chi connectivity index (χ4n) is 2.54. The summed E-state index contributed by atoms with van der Waals surface area (Å²) in [6.45, 7) is 9.67. The van der Waals surface area contributed by atoms with Gasteiger partial charge in [0.1, 0.15) is 0 Å². The van der Waals surface area contributed by atoms with Crippen LogP contribution in [0.15, 0.2) is 42.0 Å². The molecule has 0 fully saturated rings. The summed E-state index contributed by atoms with van der Waals surface area (Å²) in [4.78, 5) is 0. The fraction of sp³-hybridized carbons (Fsp3) is 0.600. The number of hydrogen-bond acceptors (Lipinski definition) is 1. The molecule has 0 aromatic heterocycles. The topological polar surface area (TPSA) is 9.23 Å². The number of ether oxygens (including phenoxy) is 1. The van der Waals surface area contributed by atoms with E-state index in [2.05, 4.69) is 64.1 Å². The van der Waals surface area contributed by atoms with E-state index < -0.39 is 0 Å². The zero-order valence-corrected chi connectivity index (χ0v) is 14.3.